The molecule has 2 atom stereocenters. The van der Waals surface area contributed by atoms with E-state index in [9.17, 15) is 9.90 Å². The third-order valence-corrected chi connectivity index (χ3v) is 5.02. The Morgan fingerprint density at radius 2 is 2.29 bits per heavy atom. The number of aromatic nitrogens is 4. The van der Waals surface area contributed by atoms with Crippen LogP contribution >= 0.6 is 11.3 Å². The fourth-order valence-electron chi connectivity index (χ4n) is 2.91. The molecule has 0 aliphatic carbocycles. The number of hydrogen-bond donors (Lipinski definition) is 2. The van der Waals surface area contributed by atoms with Crippen LogP contribution in [0.2, 0.25) is 0 Å². The Hall–Kier alpha value is -2.52. The molecule has 1 aliphatic heterocycles. The zero-order chi connectivity index (χ0) is 16.7. The van der Waals surface area contributed by atoms with Gasteiger partial charge < -0.3 is 15.3 Å². The van der Waals surface area contributed by atoms with Gasteiger partial charge in [0.05, 0.1) is 40.1 Å². The molecule has 1 saturated heterocycles. The van der Waals surface area contributed by atoms with Gasteiger partial charge in [0, 0.05) is 18.4 Å². The normalized spacial score (nSPS) is 20.7. The summed E-state index contributed by atoms with van der Waals surface area (Å²) in [5, 5.41) is 21.7. The van der Waals surface area contributed by atoms with E-state index in [2.05, 4.69) is 20.6 Å². The van der Waals surface area contributed by atoms with Crippen LogP contribution in [0, 0.1) is 6.92 Å². The number of urea groups is 1. The second-order valence-electron chi connectivity index (χ2n) is 5.77. The molecule has 2 N–H and O–H groups in total. The van der Waals surface area contributed by atoms with Crippen molar-refractivity contribution < 1.29 is 9.90 Å². The van der Waals surface area contributed by atoms with Crippen molar-refractivity contribution in [3.8, 4) is 0 Å². The third-order valence-electron chi connectivity index (χ3n) is 4.07. The standard InChI is InChI=1S/C15H16N6O2S/c1-9-17-11-6-10(2-3-14(11)24-9)18-15(23)20-7-12(13(22)8-20)21-5-4-16-19-21/h2-6,12-13,22H,7-8H2,1H3,(H,18,23)/t12-,13-/m1/s1. The summed E-state index contributed by atoms with van der Waals surface area (Å²) in [5.41, 5.74) is 1.56. The van der Waals surface area contributed by atoms with Gasteiger partial charge in [-0.15, -0.1) is 16.4 Å². The lowest BCUT2D eigenvalue weighted by atomic mass is 10.2. The highest BCUT2D eigenvalue weighted by molar-refractivity contribution is 7.18. The van der Waals surface area contributed by atoms with E-state index in [1.807, 2.05) is 25.1 Å². The second kappa shape index (κ2) is 5.84. The molecule has 0 radical (unpaired) electrons. The predicted molar refractivity (Wildman–Crippen MR) is 90.0 cm³/mol. The van der Waals surface area contributed by atoms with E-state index in [1.165, 1.54) is 0 Å². The van der Waals surface area contributed by atoms with Crippen LogP contribution in [0.25, 0.3) is 10.2 Å². The van der Waals surface area contributed by atoms with Gasteiger partial charge in [-0.1, -0.05) is 5.21 Å². The second-order valence-corrected chi connectivity index (χ2v) is 7.00. The number of amides is 2. The largest absolute Gasteiger partial charge is 0.389 e. The minimum Gasteiger partial charge on any atom is -0.389 e. The molecule has 4 rings (SSSR count). The molecular formula is C15H16N6O2S. The summed E-state index contributed by atoms with van der Waals surface area (Å²) >= 11 is 1.62. The molecule has 9 heteroatoms. The summed E-state index contributed by atoms with van der Waals surface area (Å²) in [4.78, 5) is 18.5. The Kier molecular flexibility index (Phi) is 3.66. The summed E-state index contributed by atoms with van der Waals surface area (Å²) in [6.07, 6.45) is 2.58. The summed E-state index contributed by atoms with van der Waals surface area (Å²) < 4.78 is 2.68. The van der Waals surface area contributed by atoms with E-state index in [0.717, 1.165) is 15.2 Å². The molecule has 124 valence electrons. The lowest BCUT2D eigenvalue weighted by Gasteiger charge is -2.17. The van der Waals surface area contributed by atoms with Gasteiger partial charge in [-0.05, 0) is 25.1 Å². The molecule has 0 saturated carbocycles. The van der Waals surface area contributed by atoms with Crippen molar-refractivity contribution >= 4 is 33.3 Å². The highest BCUT2D eigenvalue weighted by Crippen LogP contribution is 2.26. The number of thiazole rings is 1. The van der Waals surface area contributed by atoms with Gasteiger partial charge in [-0.3, -0.25) is 0 Å². The predicted octanol–water partition coefficient (Wildman–Crippen LogP) is 1.65. The van der Waals surface area contributed by atoms with Crippen molar-refractivity contribution in [2.24, 2.45) is 0 Å². The van der Waals surface area contributed by atoms with Crippen LogP contribution in [-0.2, 0) is 0 Å². The summed E-state index contributed by atoms with van der Waals surface area (Å²) in [6.45, 7) is 2.60. The molecule has 3 heterocycles. The maximum Gasteiger partial charge on any atom is 0.322 e. The van der Waals surface area contributed by atoms with Crippen molar-refractivity contribution in [3.05, 3.63) is 35.6 Å². The number of β-amino-alcohol motifs (C(OH)–C–C–N with tert-alkyl or cyclic N) is 1. The molecular weight excluding hydrogens is 328 g/mol. The maximum absolute atomic E-state index is 12.5. The molecule has 3 aromatic rings. The number of aliphatic hydroxyl groups excluding tert-OH is 1. The van der Waals surface area contributed by atoms with Crippen LogP contribution in [0.4, 0.5) is 10.5 Å². The van der Waals surface area contributed by atoms with Crippen molar-refractivity contribution in [3.63, 3.8) is 0 Å². The van der Waals surface area contributed by atoms with Gasteiger partial charge in [0.25, 0.3) is 0 Å². The molecule has 2 aromatic heterocycles. The Bertz CT molecular complexity index is 877. The number of nitrogens with one attached hydrogen (secondary N) is 1. The zero-order valence-corrected chi connectivity index (χ0v) is 13.8. The first-order valence-electron chi connectivity index (χ1n) is 7.57. The molecule has 8 nitrogen and oxygen atoms in total. The lowest BCUT2D eigenvalue weighted by molar-refractivity contribution is 0.139. The van der Waals surface area contributed by atoms with Crippen LogP contribution in [0.15, 0.2) is 30.6 Å². The molecule has 1 aliphatic rings. The number of aliphatic hydroxyl groups is 1. The first-order valence-corrected chi connectivity index (χ1v) is 8.39. The number of carbonyl (C=O) groups excluding carboxylic acids is 1. The highest BCUT2D eigenvalue weighted by Gasteiger charge is 2.35. The van der Waals surface area contributed by atoms with Crippen LogP contribution in [0.3, 0.4) is 0 Å². The number of hydrogen-bond acceptors (Lipinski definition) is 6. The quantitative estimate of drug-likeness (QED) is 0.737. The zero-order valence-electron chi connectivity index (χ0n) is 13.0. The number of anilines is 1. The molecule has 2 amide bonds. The first-order chi connectivity index (χ1) is 11.6. The van der Waals surface area contributed by atoms with E-state index in [-0.39, 0.29) is 18.6 Å². The molecule has 0 spiro atoms. The molecule has 0 bridgehead atoms. The van der Waals surface area contributed by atoms with Gasteiger partial charge in [0.1, 0.15) is 0 Å². The van der Waals surface area contributed by atoms with Crippen LogP contribution in [-0.4, -0.2) is 55.2 Å². The van der Waals surface area contributed by atoms with Gasteiger partial charge >= 0.3 is 6.03 Å². The van der Waals surface area contributed by atoms with Crippen molar-refractivity contribution in [2.45, 2.75) is 19.1 Å². The Morgan fingerprint density at radius 1 is 1.42 bits per heavy atom. The van der Waals surface area contributed by atoms with Crippen molar-refractivity contribution in [2.75, 3.05) is 18.4 Å². The monoisotopic (exact) mass is 344 g/mol. The average Bonchev–Trinajstić information content (AvgIpc) is 3.25. The van der Waals surface area contributed by atoms with E-state index >= 15 is 0 Å². The van der Waals surface area contributed by atoms with Crippen LogP contribution < -0.4 is 5.32 Å². The minimum absolute atomic E-state index is 0.247. The van der Waals surface area contributed by atoms with Crippen molar-refractivity contribution in [1.82, 2.24) is 24.9 Å². The maximum atomic E-state index is 12.5. The molecule has 1 aromatic carbocycles. The summed E-state index contributed by atoms with van der Waals surface area (Å²) in [6, 6.07) is 5.15. The first kappa shape index (κ1) is 15.0. The fraction of sp³-hybridized carbons (Fsp3) is 0.333. The summed E-state index contributed by atoms with van der Waals surface area (Å²) in [5.74, 6) is 0. The number of aryl methyl sites for hydroxylation is 1. The smallest absolute Gasteiger partial charge is 0.322 e. The number of fused-ring (bicyclic) bond motifs is 1. The topological polar surface area (TPSA) is 96.2 Å². The van der Waals surface area contributed by atoms with Crippen LogP contribution in [0.1, 0.15) is 11.0 Å². The van der Waals surface area contributed by atoms with Crippen molar-refractivity contribution in [1.29, 1.82) is 0 Å². The number of rotatable bonds is 2. The lowest BCUT2D eigenvalue weighted by Crippen LogP contribution is -2.33. The highest BCUT2D eigenvalue weighted by atomic mass is 32.1. The molecule has 24 heavy (non-hydrogen) atoms. The molecule has 1 fully saturated rings. The summed E-state index contributed by atoms with van der Waals surface area (Å²) in [7, 11) is 0. The van der Waals surface area contributed by atoms with Gasteiger partial charge in [0.15, 0.2) is 0 Å². The number of likely N-dealkylation sites (tertiary alicyclic amines) is 1. The number of carbonyl (C=O) groups is 1. The van der Waals surface area contributed by atoms with Gasteiger partial charge in [0.2, 0.25) is 0 Å². The van der Waals surface area contributed by atoms with E-state index < -0.39 is 6.10 Å². The number of nitrogens with zero attached hydrogens (tertiary/aromatic N) is 5. The van der Waals surface area contributed by atoms with Gasteiger partial charge in [-0.2, -0.15) is 0 Å². The minimum atomic E-state index is -0.666. The molecule has 0 unspecified atom stereocenters. The Balaban J connectivity index is 1.47. The van der Waals surface area contributed by atoms with E-state index in [0.29, 0.717) is 12.2 Å². The fourth-order valence-corrected chi connectivity index (χ4v) is 3.72. The Morgan fingerprint density at radius 3 is 3.08 bits per heavy atom. The average molecular weight is 344 g/mol. The number of benzene rings is 1. The Labute approximate surface area is 141 Å². The van der Waals surface area contributed by atoms with E-state index in [1.54, 1.807) is 33.3 Å². The SMILES string of the molecule is Cc1nc2cc(NC(=O)N3C[C@@H](O)[C@H](n4ccnn4)C3)ccc2s1. The third kappa shape index (κ3) is 2.72. The van der Waals surface area contributed by atoms with Crippen LogP contribution in [0.5, 0.6) is 0 Å². The van der Waals surface area contributed by atoms with Gasteiger partial charge in [-0.25, -0.2) is 14.5 Å². The van der Waals surface area contributed by atoms with E-state index in [4.69, 9.17) is 0 Å².